The largest absolute Gasteiger partial charge is 0.463 e. The summed E-state index contributed by atoms with van der Waals surface area (Å²) in [6.07, 6.45) is 0.136. The molecule has 0 aromatic heterocycles. The summed E-state index contributed by atoms with van der Waals surface area (Å²) in [7, 11) is 0. The average Bonchev–Trinajstić information content (AvgIpc) is 2.03. The average molecular weight is 149 g/mol. The third-order valence-corrected chi connectivity index (χ3v) is 1.12. The Bertz CT molecular complexity index is 267. The predicted molar refractivity (Wildman–Crippen MR) is 42.1 cm³/mol. The lowest BCUT2D eigenvalue weighted by atomic mass is 10.2. The van der Waals surface area contributed by atoms with Gasteiger partial charge in [-0.15, -0.1) is 0 Å². The lowest BCUT2D eigenvalue weighted by Gasteiger charge is -1.87. The first-order chi connectivity index (χ1) is 5.29. The van der Waals surface area contributed by atoms with Crippen LogP contribution in [0.4, 0.5) is 4.79 Å². The standard InChI is InChI=1S/C8H7NO2/c10-8(11)9-6-7-4-2-1-3-5-7/h1-6H,(H,10,11). The van der Waals surface area contributed by atoms with Crippen molar-refractivity contribution in [1.29, 1.82) is 0 Å². The van der Waals surface area contributed by atoms with E-state index in [1.165, 1.54) is 6.21 Å². The van der Waals surface area contributed by atoms with Crippen molar-refractivity contribution in [3.05, 3.63) is 35.9 Å². The highest BCUT2D eigenvalue weighted by Crippen LogP contribution is 1.93. The highest BCUT2D eigenvalue weighted by molar-refractivity contribution is 5.87. The Morgan fingerprint density at radius 1 is 1.36 bits per heavy atom. The van der Waals surface area contributed by atoms with Gasteiger partial charge >= 0.3 is 6.09 Å². The van der Waals surface area contributed by atoms with Crippen molar-refractivity contribution in [2.75, 3.05) is 0 Å². The number of aliphatic imine (C=N–C) groups is 1. The minimum atomic E-state index is -1.17. The number of carboxylic acid groups (broad SMARTS) is 1. The summed E-state index contributed by atoms with van der Waals surface area (Å²) >= 11 is 0. The molecule has 0 aliphatic carbocycles. The van der Waals surface area contributed by atoms with Crippen LogP contribution in [0.1, 0.15) is 5.56 Å². The summed E-state index contributed by atoms with van der Waals surface area (Å²) in [6, 6.07) is 9.07. The van der Waals surface area contributed by atoms with Crippen molar-refractivity contribution in [1.82, 2.24) is 0 Å². The van der Waals surface area contributed by atoms with Gasteiger partial charge in [-0.3, -0.25) is 0 Å². The second kappa shape index (κ2) is 3.51. The molecule has 0 spiro atoms. The van der Waals surface area contributed by atoms with Crippen LogP contribution in [0.15, 0.2) is 35.3 Å². The van der Waals surface area contributed by atoms with Crippen molar-refractivity contribution < 1.29 is 9.90 Å². The molecule has 0 fully saturated rings. The molecular weight excluding hydrogens is 142 g/mol. The lowest BCUT2D eigenvalue weighted by Crippen LogP contribution is -1.87. The second-order valence-corrected chi connectivity index (χ2v) is 1.95. The minimum absolute atomic E-state index is 0.787. The van der Waals surface area contributed by atoms with E-state index in [2.05, 4.69) is 4.99 Å². The van der Waals surface area contributed by atoms with Crippen LogP contribution >= 0.6 is 0 Å². The summed E-state index contributed by atoms with van der Waals surface area (Å²) < 4.78 is 0. The monoisotopic (exact) mass is 149 g/mol. The van der Waals surface area contributed by atoms with E-state index in [1.807, 2.05) is 18.2 Å². The zero-order valence-electron chi connectivity index (χ0n) is 5.77. The van der Waals surface area contributed by atoms with E-state index in [0.29, 0.717) is 0 Å². The molecule has 1 aromatic rings. The molecule has 0 bridgehead atoms. The second-order valence-electron chi connectivity index (χ2n) is 1.95. The molecule has 0 heterocycles. The minimum Gasteiger partial charge on any atom is -0.463 e. The van der Waals surface area contributed by atoms with Crippen LogP contribution in [-0.2, 0) is 0 Å². The van der Waals surface area contributed by atoms with E-state index in [9.17, 15) is 4.79 Å². The van der Waals surface area contributed by atoms with Crippen LogP contribution in [0.3, 0.4) is 0 Å². The van der Waals surface area contributed by atoms with E-state index < -0.39 is 6.09 Å². The van der Waals surface area contributed by atoms with E-state index in [1.54, 1.807) is 12.1 Å². The fourth-order valence-corrected chi connectivity index (χ4v) is 0.669. The van der Waals surface area contributed by atoms with Gasteiger partial charge in [-0.2, -0.15) is 4.99 Å². The normalized spacial score (nSPS) is 10.2. The molecule has 0 radical (unpaired) electrons. The van der Waals surface area contributed by atoms with Crippen molar-refractivity contribution in [2.45, 2.75) is 0 Å². The number of rotatable bonds is 1. The number of hydrogen-bond donors (Lipinski definition) is 1. The fourth-order valence-electron chi connectivity index (χ4n) is 0.669. The van der Waals surface area contributed by atoms with Gasteiger partial charge < -0.3 is 5.11 Å². The molecule has 3 nitrogen and oxygen atoms in total. The quantitative estimate of drug-likeness (QED) is 0.619. The zero-order chi connectivity index (χ0) is 8.10. The topological polar surface area (TPSA) is 49.7 Å². The van der Waals surface area contributed by atoms with Gasteiger partial charge in [0.25, 0.3) is 0 Å². The van der Waals surface area contributed by atoms with Gasteiger partial charge in [0, 0.05) is 6.21 Å². The zero-order valence-corrected chi connectivity index (χ0v) is 5.77. The summed E-state index contributed by atoms with van der Waals surface area (Å²) in [6.45, 7) is 0. The maximum absolute atomic E-state index is 9.97. The van der Waals surface area contributed by atoms with E-state index in [-0.39, 0.29) is 0 Å². The summed E-state index contributed by atoms with van der Waals surface area (Å²) in [5.41, 5.74) is 0.787. The molecule has 11 heavy (non-hydrogen) atoms. The van der Waals surface area contributed by atoms with Crippen LogP contribution < -0.4 is 0 Å². The first-order valence-corrected chi connectivity index (χ1v) is 3.11. The van der Waals surface area contributed by atoms with Crippen molar-refractivity contribution in [3.8, 4) is 0 Å². The Kier molecular flexibility index (Phi) is 2.38. The molecule has 0 unspecified atom stereocenters. The number of nitrogens with zero attached hydrogens (tertiary/aromatic N) is 1. The third kappa shape index (κ3) is 2.62. The van der Waals surface area contributed by atoms with Crippen LogP contribution in [0.2, 0.25) is 0 Å². The van der Waals surface area contributed by atoms with Crippen LogP contribution in [-0.4, -0.2) is 17.4 Å². The van der Waals surface area contributed by atoms with Gasteiger partial charge in [-0.25, -0.2) is 4.79 Å². The Hall–Kier alpha value is -1.64. The summed E-state index contributed by atoms with van der Waals surface area (Å²) in [5.74, 6) is 0. The summed E-state index contributed by atoms with van der Waals surface area (Å²) in [4.78, 5) is 13.2. The lowest BCUT2D eigenvalue weighted by molar-refractivity contribution is 0.206. The van der Waals surface area contributed by atoms with Gasteiger partial charge in [0.15, 0.2) is 0 Å². The van der Waals surface area contributed by atoms with E-state index in [0.717, 1.165) is 5.56 Å². The maximum Gasteiger partial charge on any atom is 0.431 e. The molecule has 1 N–H and O–H groups in total. The molecule has 0 aliphatic heterocycles. The predicted octanol–water partition coefficient (Wildman–Crippen LogP) is 1.78. The fraction of sp³-hybridized carbons (Fsp3) is 0. The first kappa shape index (κ1) is 7.47. The highest BCUT2D eigenvalue weighted by Gasteiger charge is 1.86. The van der Waals surface area contributed by atoms with Gasteiger partial charge in [0.1, 0.15) is 0 Å². The SMILES string of the molecule is O=C(O)N=Cc1ccccc1. The van der Waals surface area contributed by atoms with Gasteiger partial charge in [0.2, 0.25) is 0 Å². The Balaban J connectivity index is 2.72. The van der Waals surface area contributed by atoms with Crippen LogP contribution in [0.25, 0.3) is 0 Å². The Labute approximate surface area is 64.0 Å². The molecule has 3 heteroatoms. The van der Waals surface area contributed by atoms with Crippen molar-refractivity contribution in [2.24, 2.45) is 4.99 Å². The van der Waals surface area contributed by atoms with Gasteiger partial charge in [0.05, 0.1) is 0 Å². The Morgan fingerprint density at radius 2 is 2.00 bits per heavy atom. The molecule has 0 saturated carbocycles. The van der Waals surface area contributed by atoms with Crippen molar-refractivity contribution >= 4 is 12.3 Å². The molecule has 0 aliphatic rings. The smallest absolute Gasteiger partial charge is 0.431 e. The molecule has 1 amide bonds. The van der Waals surface area contributed by atoms with Crippen molar-refractivity contribution in [3.63, 3.8) is 0 Å². The van der Waals surface area contributed by atoms with Crippen LogP contribution in [0.5, 0.6) is 0 Å². The third-order valence-electron chi connectivity index (χ3n) is 1.12. The van der Waals surface area contributed by atoms with E-state index in [4.69, 9.17) is 5.11 Å². The van der Waals surface area contributed by atoms with Crippen LogP contribution in [0, 0.1) is 0 Å². The molecule has 0 saturated heterocycles. The van der Waals surface area contributed by atoms with Gasteiger partial charge in [-0.05, 0) is 5.56 Å². The Morgan fingerprint density at radius 3 is 2.55 bits per heavy atom. The molecule has 56 valence electrons. The van der Waals surface area contributed by atoms with Gasteiger partial charge in [-0.1, -0.05) is 30.3 Å². The van der Waals surface area contributed by atoms with E-state index >= 15 is 0 Å². The highest BCUT2D eigenvalue weighted by atomic mass is 16.4. The summed E-state index contributed by atoms with van der Waals surface area (Å²) in [5, 5.41) is 8.18. The number of amides is 1. The molecular formula is C8H7NO2. The molecule has 1 rings (SSSR count). The molecule has 0 atom stereocenters. The number of hydrogen-bond acceptors (Lipinski definition) is 1. The molecule has 1 aromatic carbocycles. The number of benzene rings is 1. The first-order valence-electron chi connectivity index (χ1n) is 3.11. The number of carbonyl (C=O) groups is 1. The maximum atomic E-state index is 9.97.